The molecule has 4 nitrogen and oxygen atoms in total. The number of benzene rings is 1. The number of halogens is 1. The molecule has 1 aromatic rings. The Morgan fingerprint density at radius 1 is 1.41 bits per heavy atom. The van der Waals surface area contributed by atoms with Gasteiger partial charge in [0.15, 0.2) is 0 Å². The Morgan fingerprint density at radius 2 is 2.00 bits per heavy atom. The molecule has 0 saturated carbocycles. The lowest BCUT2D eigenvalue weighted by Crippen LogP contribution is -2.38. The Morgan fingerprint density at radius 3 is 2.53 bits per heavy atom. The summed E-state index contributed by atoms with van der Waals surface area (Å²) in [6, 6.07) is 8.67. The summed E-state index contributed by atoms with van der Waals surface area (Å²) in [5, 5.41) is 2.74. The van der Waals surface area contributed by atoms with Gasteiger partial charge in [-0.25, -0.2) is 0 Å². The van der Waals surface area contributed by atoms with Crippen molar-refractivity contribution >= 4 is 18.3 Å². The molecule has 0 aliphatic rings. The summed E-state index contributed by atoms with van der Waals surface area (Å²) < 4.78 is 5.03. The molecule has 1 amide bonds. The molecular formula is C12H19ClN2O2. The van der Waals surface area contributed by atoms with Gasteiger partial charge in [0.2, 0.25) is 5.91 Å². The largest absolute Gasteiger partial charge is 0.380 e. The van der Waals surface area contributed by atoms with E-state index in [1.165, 1.54) is 0 Å². The van der Waals surface area contributed by atoms with Gasteiger partial charge in [-0.1, -0.05) is 30.3 Å². The first-order valence-corrected chi connectivity index (χ1v) is 5.26. The molecule has 96 valence electrons. The van der Waals surface area contributed by atoms with Gasteiger partial charge in [0.25, 0.3) is 0 Å². The third kappa shape index (κ3) is 5.17. The lowest BCUT2D eigenvalue weighted by molar-refractivity contribution is -0.123. The number of hydrogen-bond acceptors (Lipinski definition) is 3. The molecule has 5 heteroatoms. The fourth-order valence-electron chi connectivity index (χ4n) is 1.25. The first-order chi connectivity index (χ1) is 7.65. The molecule has 1 aromatic carbocycles. The normalized spacial score (nSPS) is 13.4. The van der Waals surface area contributed by atoms with E-state index >= 15 is 0 Å². The lowest BCUT2D eigenvalue weighted by atomic mass is 10.1. The second kappa shape index (κ2) is 8.06. The predicted octanol–water partition coefficient (Wildman–Crippen LogP) is 1.26. The maximum absolute atomic E-state index is 11.7. The van der Waals surface area contributed by atoms with Crippen molar-refractivity contribution < 1.29 is 9.53 Å². The Bertz CT molecular complexity index is 333. The fraction of sp³-hybridized carbons (Fsp3) is 0.417. The zero-order valence-corrected chi connectivity index (χ0v) is 10.9. The molecule has 2 atom stereocenters. The lowest BCUT2D eigenvalue weighted by Gasteiger charge is -2.15. The molecule has 0 heterocycles. The molecule has 0 aromatic heterocycles. The number of rotatable bonds is 5. The van der Waals surface area contributed by atoms with Crippen molar-refractivity contribution in [3.8, 4) is 0 Å². The molecule has 0 fully saturated rings. The van der Waals surface area contributed by atoms with Crippen molar-refractivity contribution in [2.75, 3.05) is 13.7 Å². The highest BCUT2D eigenvalue weighted by Crippen LogP contribution is 2.08. The first-order valence-electron chi connectivity index (χ1n) is 5.26. The topological polar surface area (TPSA) is 64.3 Å². The molecule has 0 aliphatic carbocycles. The van der Waals surface area contributed by atoms with E-state index in [1.54, 1.807) is 7.11 Å². The molecule has 2 unspecified atom stereocenters. The monoisotopic (exact) mass is 258 g/mol. The number of hydrogen-bond donors (Lipinski definition) is 2. The molecule has 0 spiro atoms. The number of nitrogens with one attached hydrogen (secondary N) is 1. The number of carbonyl (C=O) groups excluding carboxylic acids is 1. The Labute approximate surface area is 108 Å². The van der Waals surface area contributed by atoms with Gasteiger partial charge in [-0.05, 0) is 12.5 Å². The fourth-order valence-corrected chi connectivity index (χ4v) is 1.25. The van der Waals surface area contributed by atoms with E-state index in [9.17, 15) is 4.79 Å². The van der Waals surface area contributed by atoms with Crippen LogP contribution in [0.3, 0.4) is 0 Å². The summed E-state index contributed by atoms with van der Waals surface area (Å²) in [4.78, 5) is 11.7. The van der Waals surface area contributed by atoms with Crippen molar-refractivity contribution in [2.45, 2.75) is 19.1 Å². The van der Waals surface area contributed by atoms with Crippen molar-refractivity contribution in [1.29, 1.82) is 0 Å². The Balaban J connectivity index is 0.00000256. The molecule has 1 rings (SSSR count). The quantitative estimate of drug-likeness (QED) is 0.836. The summed E-state index contributed by atoms with van der Waals surface area (Å²) in [5.41, 5.74) is 6.62. The van der Waals surface area contributed by atoms with Gasteiger partial charge in [-0.2, -0.15) is 0 Å². The molecule has 0 bridgehead atoms. The van der Waals surface area contributed by atoms with Crippen molar-refractivity contribution in [3.05, 3.63) is 35.9 Å². The second-order valence-corrected chi connectivity index (χ2v) is 3.68. The second-order valence-electron chi connectivity index (χ2n) is 3.68. The van der Waals surface area contributed by atoms with Gasteiger partial charge in [-0.3, -0.25) is 4.79 Å². The van der Waals surface area contributed by atoms with Crippen LogP contribution in [0.2, 0.25) is 0 Å². The third-order valence-electron chi connectivity index (χ3n) is 2.41. The van der Waals surface area contributed by atoms with Gasteiger partial charge < -0.3 is 15.8 Å². The van der Waals surface area contributed by atoms with Crippen LogP contribution >= 0.6 is 12.4 Å². The van der Waals surface area contributed by atoms with Crippen LogP contribution in [0, 0.1) is 0 Å². The van der Waals surface area contributed by atoms with Crippen molar-refractivity contribution in [2.24, 2.45) is 5.73 Å². The Hall–Kier alpha value is -1.10. The van der Waals surface area contributed by atoms with Gasteiger partial charge in [-0.15, -0.1) is 12.4 Å². The van der Waals surface area contributed by atoms with Crippen LogP contribution in [0.4, 0.5) is 0 Å². The minimum atomic E-state index is -0.620. The van der Waals surface area contributed by atoms with E-state index in [1.807, 2.05) is 37.3 Å². The highest BCUT2D eigenvalue weighted by atomic mass is 35.5. The smallest absolute Gasteiger partial charge is 0.241 e. The minimum absolute atomic E-state index is 0. The van der Waals surface area contributed by atoms with Gasteiger partial charge in [0.1, 0.15) is 6.04 Å². The first kappa shape index (κ1) is 15.9. The maximum atomic E-state index is 11.7. The van der Waals surface area contributed by atoms with E-state index in [2.05, 4.69) is 5.32 Å². The SMILES string of the molecule is COC(C)CNC(=O)C(N)c1ccccc1.Cl. The third-order valence-corrected chi connectivity index (χ3v) is 2.41. The van der Waals surface area contributed by atoms with Crippen LogP contribution in [0.5, 0.6) is 0 Å². The molecule has 0 saturated heterocycles. The van der Waals surface area contributed by atoms with E-state index in [4.69, 9.17) is 10.5 Å². The number of carbonyl (C=O) groups is 1. The number of ether oxygens (including phenoxy) is 1. The summed E-state index contributed by atoms with van der Waals surface area (Å²) in [6.07, 6.45) is -0.00748. The van der Waals surface area contributed by atoms with Crippen LogP contribution in [-0.2, 0) is 9.53 Å². The summed E-state index contributed by atoms with van der Waals surface area (Å²) in [6.45, 7) is 2.35. The van der Waals surface area contributed by atoms with Crippen LogP contribution in [0.15, 0.2) is 30.3 Å². The Kier molecular flexibility index (Phi) is 7.54. The van der Waals surface area contributed by atoms with E-state index in [-0.39, 0.29) is 24.4 Å². The average molecular weight is 259 g/mol. The molecule has 17 heavy (non-hydrogen) atoms. The highest BCUT2D eigenvalue weighted by Gasteiger charge is 2.15. The average Bonchev–Trinajstić information content (AvgIpc) is 2.35. The molecule has 0 radical (unpaired) electrons. The van der Waals surface area contributed by atoms with E-state index in [0.29, 0.717) is 6.54 Å². The van der Waals surface area contributed by atoms with Crippen molar-refractivity contribution in [3.63, 3.8) is 0 Å². The number of amides is 1. The standard InChI is InChI=1S/C12H18N2O2.ClH/c1-9(16-2)8-14-12(15)11(13)10-6-4-3-5-7-10;/h3-7,9,11H,8,13H2,1-2H3,(H,14,15);1H. The van der Waals surface area contributed by atoms with Crippen LogP contribution in [-0.4, -0.2) is 25.7 Å². The van der Waals surface area contributed by atoms with Gasteiger partial charge in [0, 0.05) is 13.7 Å². The molecule has 3 N–H and O–H groups in total. The predicted molar refractivity (Wildman–Crippen MR) is 70.1 cm³/mol. The van der Waals surface area contributed by atoms with Crippen molar-refractivity contribution in [1.82, 2.24) is 5.32 Å². The summed E-state index contributed by atoms with van der Waals surface area (Å²) in [7, 11) is 1.61. The summed E-state index contributed by atoms with van der Waals surface area (Å²) >= 11 is 0. The number of nitrogens with two attached hydrogens (primary N) is 1. The highest BCUT2D eigenvalue weighted by molar-refractivity contribution is 5.85. The van der Waals surface area contributed by atoms with E-state index < -0.39 is 6.04 Å². The van der Waals surface area contributed by atoms with Crippen LogP contribution in [0.25, 0.3) is 0 Å². The molecular weight excluding hydrogens is 240 g/mol. The zero-order chi connectivity index (χ0) is 12.0. The van der Waals surface area contributed by atoms with Crippen LogP contribution in [0.1, 0.15) is 18.5 Å². The van der Waals surface area contributed by atoms with E-state index in [0.717, 1.165) is 5.56 Å². The van der Waals surface area contributed by atoms with Gasteiger partial charge in [0.05, 0.1) is 6.10 Å². The molecule has 0 aliphatic heterocycles. The zero-order valence-electron chi connectivity index (χ0n) is 10.1. The minimum Gasteiger partial charge on any atom is -0.380 e. The summed E-state index contributed by atoms with van der Waals surface area (Å²) in [5.74, 6) is -0.185. The maximum Gasteiger partial charge on any atom is 0.241 e. The van der Waals surface area contributed by atoms with Crippen LogP contribution < -0.4 is 11.1 Å². The number of methoxy groups -OCH3 is 1. The van der Waals surface area contributed by atoms with Gasteiger partial charge >= 0.3 is 0 Å².